The quantitative estimate of drug-likeness (QED) is 0.0465. The van der Waals surface area contributed by atoms with E-state index in [4.69, 9.17) is 11.4 Å². The topological polar surface area (TPSA) is 33.4 Å². The van der Waals surface area contributed by atoms with Gasteiger partial charge >= 0.3 is 0 Å². The average molecular weight is 637 g/mol. The van der Waals surface area contributed by atoms with Crippen molar-refractivity contribution in [1.29, 1.82) is 0 Å². The maximum Gasteiger partial charge on any atom is 0.142 e. The lowest BCUT2D eigenvalue weighted by Crippen LogP contribution is -2.29. The second-order valence-corrected chi connectivity index (χ2v) is 11.4. The predicted molar refractivity (Wildman–Crippen MR) is 209 cm³/mol. The molecule has 0 radical (unpaired) electrons. The van der Waals surface area contributed by atoms with Crippen LogP contribution >= 0.6 is 0 Å². The number of allylic oxidation sites excluding steroid dienone is 1. The van der Waals surface area contributed by atoms with Gasteiger partial charge in [-0.25, -0.2) is 4.98 Å². The van der Waals surface area contributed by atoms with Gasteiger partial charge in [0.05, 0.1) is 11.0 Å². The number of hydrogen-bond acceptors (Lipinski definition) is 2. The SMILES string of the molecule is C#CN(C)C(=NCCCC)c1cccc(C)c1.C=CC.CC.Cn1c(-c2cccc(C3=c4ccccc4=CCC3)c2)nc2ccccc21. The Bertz CT molecular complexity index is 1970. The van der Waals surface area contributed by atoms with E-state index < -0.39 is 0 Å². The first-order chi connectivity index (χ1) is 23.4. The zero-order valence-electron chi connectivity index (χ0n) is 30.0. The Morgan fingerprint density at radius 3 is 2.38 bits per heavy atom. The third-order valence-electron chi connectivity index (χ3n) is 7.86. The summed E-state index contributed by atoms with van der Waals surface area (Å²) in [6, 6.07) is 36.7. The number of amidine groups is 1. The zero-order chi connectivity index (χ0) is 34.9. The molecule has 4 heteroatoms. The van der Waals surface area contributed by atoms with E-state index in [0.717, 1.165) is 60.5 Å². The molecule has 0 amide bonds. The monoisotopic (exact) mass is 636 g/mol. The number of benzene rings is 4. The summed E-state index contributed by atoms with van der Waals surface area (Å²) in [6.07, 6.45) is 14.0. The predicted octanol–water partition coefficient (Wildman–Crippen LogP) is 9.30. The number of unbranched alkanes of at least 4 members (excludes halogenated alkanes) is 1. The molecule has 4 nitrogen and oxygen atoms in total. The van der Waals surface area contributed by atoms with Gasteiger partial charge in [-0.05, 0) is 78.9 Å². The first-order valence-electron chi connectivity index (χ1n) is 17.1. The molecule has 0 atom stereocenters. The number of fused-ring (bicyclic) bond motifs is 2. The van der Waals surface area contributed by atoms with Crippen LogP contribution in [0.3, 0.4) is 0 Å². The second kappa shape index (κ2) is 19.5. The highest BCUT2D eigenvalue weighted by Crippen LogP contribution is 2.27. The van der Waals surface area contributed by atoms with E-state index in [1.165, 1.54) is 32.7 Å². The molecule has 0 aliphatic heterocycles. The molecule has 0 spiro atoms. The van der Waals surface area contributed by atoms with Crippen LogP contribution in [0.5, 0.6) is 0 Å². The molecular weight excluding hydrogens is 585 g/mol. The van der Waals surface area contributed by atoms with Gasteiger partial charge in [-0.3, -0.25) is 9.89 Å². The molecule has 1 aliphatic rings. The third kappa shape index (κ3) is 9.69. The maximum atomic E-state index is 5.45. The second-order valence-electron chi connectivity index (χ2n) is 11.4. The summed E-state index contributed by atoms with van der Waals surface area (Å²) >= 11 is 0. The fourth-order valence-electron chi connectivity index (χ4n) is 5.59. The molecule has 0 saturated carbocycles. The highest BCUT2D eigenvalue weighted by Gasteiger charge is 2.12. The average Bonchev–Trinajstić information content (AvgIpc) is 3.47. The van der Waals surface area contributed by atoms with Crippen LogP contribution in [0, 0.1) is 19.4 Å². The summed E-state index contributed by atoms with van der Waals surface area (Å²) in [4.78, 5) is 11.2. The Balaban J connectivity index is 0.000000247. The molecular formula is C44H52N4. The Morgan fingerprint density at radius 2 is 1.67 bits per heavy atom. The molecule has 248 valence electrons. The van der Waals surface area contributed by atoms with E-state index in [9.17, 15) is 0 Å². The minimum Gasteiger partial charge on any atom is -0.327 e. The van der Waals surface area contributed by atoms with Crippen molar-refractivity contribution < 1.29 is 0 Å². The number of aliphatic imine (C=N–C) groups is 1. The van der Waals surface area contributed by atoms with Crippen molar-refractivity contribution in [2.45, 2.75) is 60.3 Å². The number of para-hydroxylation sites is 2. The van der Waals surface area contributed by atoms with Crippen LogP contribution in [0.4, 0.5) is 0 Å². The molecule has 1 heterocycles. The van der Waals surface area contributed by atoms with E-state index >= 15 is 0 Å². The first kappa shape index (κ1) is 37.3. The van der Waals surface area contributed by atoms with Gasteiger partial charge in [-0.2, -0.15) is 0 Å². The molecule has 0 bridgehead atoms. The molecule has 6 rings (SSSR count). The van der Waals surface area contributed by atoms with Gasteiger partial charge in [0.1, 0.15) is 11.7 Å². The van der Waals surface area contributed by atoms with Crippen molar-refractivity contribution in [1.82, 2.24) is 14.5 Å². The van der Waals surface area contributed by atoms with Gasteiger partial charge < -0.3 is 4.57 Å². The highest BCUT2D eigenvalue weighted by atomic mass is 15.1. The molecule has 1 aliphatic carbocycles. The molecule has 0 unspecified atom stereocenters. The summed E-state index contributed by atoms with van der Waals surface area (Å²) in [5, 5.41) is 2.71. The van der Waals surface area contributed by atoms with Crippen molar-refractivity contribution in [2.24, 2.45) is 12.0 Å². The highest BCUT2D eigenvalue weighted by molar-refractivity contribution is 5.99. The van der Waals surface area contributed by atoms with Crippen molar-refractivity contribution in [3.05, 3.63) is 137 Å². The van der Waals surface area contributed by atoms with Gasteiger partial charge in [0, 0.05) is 37.8 Å². The van der Waals surface area contributed by atoms with Crippen LogP contribution in [0.15, 0.2) is 115 Å². The minimum absolute atomic E-state index is 0.825. The Morgan fingerprint density at radius 1 is 0.979 bits per heavy atom. The third-order valence-corrected chi connectivity index (χ3v) is 7.86. The number of aryl methyl sites for hydroxylation is 2. The lowest BCUT2D eigenvalue weighted by atomic mass is 9.92. The number of hydrogen-bond donors (Lipinski definition) is 0. The van der Waals surface area contributed by atoms with Gasteiger partial charge in [0.25, 0.3) is 0 Å². The fourth-order valence-corrected chi connectivity index (χ4v) is 5.59. The fraction of sp³-hybridized carbons (Fsp3) is 0.273. The van der Waals surface area contributed by atoms with E-state index in [1.54, 1.807) is 11.0 Å². The summed E-state index contributed by atoms with van der Waals surface area (Å²) in [6.45, 7) is 14.3. The molecule has 0 saturated heterocycles. The summed E-state index contributed by atoms with van der Waals surface area (Å²) in [7, 11) is 3.96. The molecule has 0 fully saturated rings. The Hall–Kier alpha value is -5.14. The maximum absolute atomic E-state index is 5.45. The van der Waals surface area contributed by atoms with Crippen LogP contribution < -0.4 is 10.4 Å². The van der Waals surface area contributed by atoms with Crippen molar-refractivity contribution >= 4 is 28.5 Å². The minimum atomic E-state index is 0.825. The van der Waals surface area contributed by atoms with Crippen LogP contribution in [-0.4, -0.2) is 33.9 Å². The molecule has 5 aromatic rings. The Labute approximate surface area is 288 Å². The number of rotatable bonds is 6. The van der Waals surface area contributed by atoms with Gasteiger partial charge in [0.2, 0.25) is 0 Å². The molecule has 48 heavy (non-hydrogen) atoms. The van der Waals surface area contributed by atoms with Crippen molar-refractivity contribution in [3.8, 4) is 23.9 Å². The van der Waals surface area contributed by atoms with Gasteiger partial charge in [0.15, 0.2) is 0 Å². The standard InChI is InChI=1S/C24H20N2.C15H20N2.C3H6.C2H6/c1-26-23-15-5-4-14-22(23)25-24(26)19-11-6-10-18(16-19)21-13-7-9-17-8-2-3-12-20(17)21;1-5-7-11-16-15(17(4)6-2)14-10-8-9-13(3)12-14;1-3-2;1-2/h2-6,8-12,14-16H,7,13H2,1H3;2,8-10,12H,5,7,11H2,1,3-4H3;3H,1H2,2H3;1-2H3. The number of aromatic nitrogens is 2. The van der Waals surface area contributed by atoms with E-state index in [0.29, 0.717) is 0 Å². The van der Waals surface area contributed by atoms with Crippen molar-refractivity contribution in [2.75, 3.05) is 13.6 Å². The van der Waals surface area contributed by atoms with E-state index in [-0.39, 0.29) is 0 Å². The molecule has 1 aromatic heterocycles. The van der Waals surface area contributed by atoms with Gasteiger partial charge in [-0.15, -0.1) is 6.58 Å². The largest absolute Gasteiger partial charge is 0.327 e. The normalized spacial score (nSPS) is 11.6. The van der Waals surface area contributed by atoms with Crippen LogP contribution in [0.2, 0.25) is 0 Å². The number of nitrogens with zero attached hydrogens (tertiary/aromatic N) is 4. The zero-order valence-corrected chi connectivity index (χ0v) is 30.0. The molecule has 4 aromatic carbocycles. The van der Waals surface area contributed by atoms with Crippen molar-refractivity contribution in [3.63, 3.8) is 0 Å². The smallest absolute Gasteiger partial charge is 0.142 e. The van der Waals surface area contributed by atoms with Crippen LogP contribution in [-0.2, 0) is 7.05 Å². The van der Waals surface area contributed by atoms with E-state index in [2.05, 4.69) is 128 Å². The summed E-state index contributed by atoms with van der Waals surface area (Å²) in [5.41, 5.74) is 8.41. The lowest BCUT2D eigenvalue weighted by Gasteiger charge is -2.15. The van der Waals surface area contributed by atoms with Gasteiger partial charge in [-0.1, -0.05) is 124 Å². The first-order valence-corrected chi connectivity index (χ1v) is 17.1. The summed E-state index contributed by atoms with van der Waals surface area (Å²) in [5.74, 6) is 1.90. The Kier molecular flexibility index (Phi) is 15.2. The molecule has 0 N–H and O–H groups in total. The van der Waals surface area contributed by atoms with Crippen LogP contribution in [0.25, 0.3) is 34.1 Å². The van der Waals surface area contributed by atoms with E-state index in [1.807, 2.05) is 46.0 Å². The number of terminal acetylenes is 1. The van der Waals surface area contributed by atoms with Crippen LogP contribution in [0.1, 0.15) is 70.1 Å². The summed E-state index contributed by atoms with van der Waals surface area (Å²) < 4.78 is 2.18. The lowest BCUT2D eigenvalue weighted by molar-refractivity contribution is 0.710. The number of imidazole rings is 1.